The van der Waals surface area contributed by atoms with Crippen molar-refractivity contribution in [1.82, 2.24) is 9.29 Å². The first-order chi connectivity index (χ1) is 12.7. The van der Waals surface area contributed by atoms with Gasteiger partial charge < -0.3 is 0 Å². The number of aromatic nitrogens is 1. The largest absolute Gasteiger partial charge is 0.298 e. The zero-order valence-electron chi connectivity index (χ0n) is 16.0. The number of carbonyl (C=O) groups excluding carboxylic acids is 1. The Morgan fingerprint density at radius 3 is 2.81 bits per heavy atom. The van der Waals surface area contributed by atoms with Gasteiger partial charge in [-0.25, -0.2) is 13.4 Å². The highest BCUT2D eigenvalue weighted by atomic mass is 32.2. The van der Waals surface area contributed by atoms with Crippen LogP contribution in [-0.2, 0) is 22.9 Å². The number of benzene rings is 1. The van der Waals surface area contributed by atoms with Crippen LogP contribution in [0.3, 0.4) is 0 Å². The van der Waals surface area contributed by atoms with E-state index in [1.807, 2.05) is 0 Å². The molecule has 146 valence electrons. The van der Waals surface area contributed by atoms with E-state index in [9.17, 15) is 13.2 Å². The highest BCUT2D eigenvalue weighted by Crippen LogP contribution is 2.32. The number of amides is 1. The third-order valence-corrected chi connectivity index (χ3v) is 7.97. The molecule has 0 saturated heterocycles. The maximum absolute atomic E-state index is 12.7. The number of carbonyl (C=O) groups is 1. The molecule has 0 saturated carbocycles. The van der Waals surface area contributed by atoms with Crippen molar-refractivity contribution in [2.45, 2.75) is 51.0 Å². The van der Waals surface area contributed by atoms with Gasteiger partial charge in [-0.15, -0.1) is 11.3 Å². The summed E-state index contributed by atoms with van der Waals surface area (Å²) in [5, 5.41) is 3.40. The molecule has 1 heterocycles. The highest BCUT2D eigenvalue weighted by molar-refractivity contribution is 7.89. The Bertz CT molecular complexity index is 951. The van der Waals surface area contributed by atoms with Gasteiger partial charge in [0, 0.05) is 23.5 Å². The zero-order chi connectivity index (χ0) is 19.8. The Hall–Kier alpha value is -1.77. The van der Waals surface area contributed by atoms with E-state index in [0.29, 0.717) is 16.6 Å². The maximum Gasteiger partial charge on any atom is 0.257 e. The highest BCUT2D eigenvalue weighted by Gasteiger charge is 2.24. The summed E-state index contributed by atoms with van der Waals surface area (Å²) in [6, 6.07) is 5.95. The summed E-state index contributed by atoms with van der Waals surface area (Å²) >= 11 is 1.51. The molecule has 1 aromatic carbocycles. The molecule has 1 aliphatic carbocycles. The number of aryl methyl sites for hydroxylation is 1. The molecule has 0 bridgehead atoms. The maximum atomic E-state index is 12.7. The van der Waals surface area contributed by atoms with Gasteiger partial charge in [-0.3, -0.25) is 10.1 Å². The molecule has 0 radical (unpaired) electrons. The number of nitrogens with one attached hydrogen (secondary N) is 1. The second-order valence-electron chi connectivity index (χ2n) is 7.33. The summed E-state index contributed by atoms with van der Waals surface area (Å²) in [6.45, 7) is 5.83. The molecular weight excluding hydrogens is 382 g/mol. The van der Waals surface area contributed by atoms with E-state index in [4.69, 9.17) is 0 Å². The van der Waals surface area contributed by atoms with Crippen molar-refractivity contribution >= 4 is 32.4 Å². The van der Waals surface area contributed by atoms with Crippen molar-refractivity contribution in [3.05, 3.63) is 40.4 Å². The second kappa shape index (κ2) is 7.69. The van der Waals surface area contributed by atoms with Gasteiger partial charge in [0.2, 0.25) is 10.0 Å². The molecule has 0 aliphatic heterocycles. The van der Waals surface area contributed by atoms with Gasteiger partial charge in [0.05, 0.1) is 10.6 Å². The van der Waals surface area contributed by atoms with E-state index in [0.717, 1.165) is 25.0 Å². The minimum atomic E-state index is -3.64. The van der Waals surface area contributed by atoms with E-state index in [-0.39, 0.29) is 16.8 Å². The van der Waals surface area contributed by atoms with E-state index < -0.39 is 10.0 Å². The number of rotatable bonds is 5. The first-order valence-corrected chi connectivity index (χ1v) is 11.3. The fourth-order valence-electron chi connectivity index (χ4n) is 3.00. The number of sulfonamides is 1. The number of hydrogen-bond acceptors (Lipinski definition) is 5. The molecule has 1 amide bonds. The molecule has 27 heavy (non-hydrogen) atoms. The molecule has 1 unspecified atom stereocenters. The first-order valence-electron chi connectivity index (χ1n) is 9.06. The molecule has 8 heteroatoms. The van der Waals surface area contributed by atoms with Crippen LogP contribution in [0.15, 0.2) is 29.2 Å². The van der Waals surface area contributed by atoms with Gasteiger partial charge in [-0.05, 0) is 57.2 Å². The molecule has 3 rings (SSSR count). The Labute approximate surface area is 164 Å². The predicted molar refractivity (Wildman–Crippen MR) is 108 cm³/mol. The van der Waals surface area contributed by atoms with Gasteiger partial charge in [0.25, 0.3) is 5.91 Å². The van der Waals surface area contributed by atoms with Crippen molar-refractivity contribution in [2.75, 3.05) is 12.4 Å². The van der Waals surface area contributed by atoms with Crippen LogP contribution in [0.5, 0.6) is 0 Å². The number of anilines is 1. The molecule has 6 nitrogen and oxygen atoms in total. The number of thiazole rings is 1. The first kappa shape index (κ1) is 20.0. The zero-order valence-corrected chi connectivity index (χ0v) is 17.7. The fraction of sp³-hybridized carbons (Fsp3) is 0.474. The van der Waals surface area contributed by atoms with Gasteiger partial charge in [-0.1, -0.05) is 13.0 Å². The molecule has 1 atom stereocenters. The van der Waals surface area contributed by atoms with E-state index >= 15 is 0 Å². The van der Waals surface area contributed by atoms with Crippen molar-refractivity contribution < 1.29 is 13.2 Å². The van der Waals surface area contributed by atoms with E-state index in [1.165, 1.54) is 39.7 Å². The van der Waals surface area contributed by atoms with Crippen LogP contribution in [0, 0.1) is 5.92 Å². The van der Waals surface area contributed by atoms with Crippen molar-refractivity contribution in [2.24, 2.45) is 5.92 Å². The molecule has 1 aromatic heterocycles. The third kappa shape index (κ3) is 4.23. The van der Waals surface area contributed by atoms with E-state index in [1.54, 1.807) is 26.0 Å². The smallest absolute Gasteiger partial charge is 0.257 e. The second-order valence-corrected chi connectivity index (χ2v) is 10.4. The third-order valence-electron chi connectivity index (χ3n) is 4.91. The summed E-state index contributed by atoms with van der Waals surface area (Å²) in [4.78, 5) is 18.5. The van der Waals surface area contributed by atoms with Gasteiger partial charge in [0.15, 0.2) is 5.13 Å². The SMILES string of the molecule is CC1CCc2nc(NC(=O)c3cccc(S(=O)(=O)N(C)C(C)C)c3)sc2C1. The standard InChI is InChI=1S/C19H25N3O3S2/c1-12(2)22(4)27(24,25)15-7-5-6-14(11-15)18(23)21-19-20-16-9-8-13(3)10-17(16)26-19/h5-7,11-13H,8-10H2,1-4H3,(H,20,21,23). The lowest BCUT2D eigenvalue weighted by atomic mass is 9.93. The Morgan fingerprint density at radius 2 is 2.11 bits per heavy atom. The van der Waals surface area contributed by atoms with Crippen molar-refractivity contribution in [1.29, 1.82) is 0 Å². The number of fused-ring (bicyclic) bond motifs is 1. The monoisotopic (exact) mass is 407 g/mol. The van der Waals surface area contributed by atoms with Crippen LogP contribution in [0.2, 0.25) is 0 Å². The van der Waals surface area contributed by atoms with Crippen LogP contribution in [0.4, 0.5) is 5.13 Å². The molecule has 1 aliphatic rings. The van der Waals surface area contributed by atoms with Crippen LogP contribution in [0.1, 0.15) is 48.1 Å². The van der Waals surface area contributed by atoms with Gasteiger partial charge >= 0.3 is 0 Å². The lowest BCUT2D eigenvalue weighted by Gasteiger charge is -2.21. The van der Waals surface area contributed by atoms with Crippen LogP contribution < -0.4 is 5.32 Å². The average molecular weight is 408 g/mol. The topological polar surface area (TPSA) is 79.4 Å². The number of hydrogen-bond donors (Lipinski definition) is 1. The van der Waals surface area contributed by atoms with Crippen molar-refractivity contribution in [3.8, 4) is 0 Å². The van der Waals surface area contributed by atoms with Gasteiger partial charge in [0.1, 0.15) is 0 Å². The summed E-state index contributed by atoms with van der Waals surface area (Å²) in [7, 11) is -2.10. The average Bonchev–Trinajstić information content (AvgIpc) is 3.02. The Morgan fingerprint density at radius 1 is 1.37 bits per heavy atom. The Kier molecular flexibility index (Phi) is 5.69. The minimum Gasteiger partial charge on any atom is -0.298 e. The van der Waals surface area contributed by atoms with Crippen LogP contribution in [-0.4, -0.2) is 36.7 Å². The predicted octanol–water partition coefficient (Wildman–Crippen LogP) is 3.55. The van der Waals surface area contributed by atoms with Crippen LogP contribution >= 0.6 is 11.3 Å². The molecule has 1 N–H and O–H groups in total. The molecular formula is C19H25N3O3S2. The number of nitrogens with zero attached hydrogens (tertiary/aromatic N) is 2. The summed E-state index contributed by atoms with van der Waals surface area (Å²) in [5.74, 6) is 0.291. The lowest BCUT2D eigenvalue weighted by Crippen LogP contribution is -2.33. The minimum absolute atomic E-state index is 0.110. The van der Waals surface area contributed by atoms with Crippen LogP contribution in [0.25, 0.3) is 0 Å². The van der Waals surface area contributed by atoms with Gasteiger partial charge in [-0.2, -0.15) is 4.31 Å². The molecule has 0 spiro atoms. The molecule has 0 fully saturated rings. The normalized spacial score (nSPS) is 17.2. The lowest BCUT2D eigenvalue weighted by molar-refractivity contribution is 0.102. The van der Waals surface area contributed by atoms with Crippen molar-refractivity contribution in [3.63, 3.8) is 0 Å². The Balaban J connectivity index is 1.80. The summed E-state index contributed by atoms with van der Waals surface area (Å²) in [5.41, 5.74) is 1.37. The fourth-order valence-corrected chi connectivity index (χ4v) is 5.58. The summed E-state index contributed by atoms with van der Waals surface area (Å²) < 4.78 is 26.6. The quantitative estimate of drug-likeness (QED) is 0.822. The molecule has 2 aromatic rings. The summed E-state index contributed by atoms with van der Waals surface area (Å²) in [6.07, 6.45) is 3.06. The van der Waals surface area contributed by atoms with E-state index in [2.05, 4.69) is 17.2 Å².